The first-order chi connectivity index (χ1) is 12.3. The van der Waals surface area contributed by atoms with Crippen LogP contribution in [0, 0.1) is 5.82 Å². The fraction of sp³-hybridized carbons (Fsp3) is 0.294. The normalized spacial score (nSPS) is 12.5. The van der Waals surface area contributed by atoms with E-state index in [1.807, 2.05) is 0 Å². The Morgan fingerprint density at radius 3 is 2.19 bits per heavy atom. The Kier molecular flexibility index (Phi) is 6.41. The van der Waals surface area contributed by atoms with E-state index in [0.29, 0.717) is 17.1 Å². The van der Waals surface area contributed by atoms with Crippen molar-refractivity contribution >= 4 is 10.0 Å². The summed E-state index contributed by atoms with van der Waals surface area (Å²) in [5.74, 6) is 0.0343. The molecule has 0 saturated carbocycles. The zero-order chi connectivity index (χ0) is 19.3. The van der Waals surface area contributed by atoms with Crippen LogP contribution in [0.2, 0.25) is 0 Å². The molecule has 0 aliphatic carbocycles. The number of aliphatic hydroxyl groups is 1. The molecule has 0 saturated heterocycles. The van der Waals surface area contributed by atoms with E-state index in [0.717, 1.165) is 6.07 Å². The van der Waals surface area contributed by atoms with Crippen molar-refractivity contribution in [2.75, 3.05) is 27.9 Å². The zero-order valence-corrected chi connectivity index (χ0v) is 15.3. The molecule has 1 atom stereocenters. The van der Waals surface area contributed by atoms with Crippen molar-refractivity contribution in [2.45, 2.75) is 11.0 Å². The lowest BCUT2D eigenvalue weighted by Gasteiger charge is -2.15. The molecule has 0 amide bonds. The van der Waals surface area contributed by atoms with Crippen molar-refractivity contribution in [3.05, 3.63) is 47.8 Å². The lowest BCUT2D eigenvalue weighted by atomic mass is 10.1. The summed E-state index contributed by atoms with van der Waals surface area (Å²) in [5, 5.41) is 10.2. The monoisotopic (exact) mass is 385 g/mol. The number of aliphatic hydroxyl groups excluding tert-OH is 1. The van der Waals surface area contributed by atoms with Crippen molar-refractivity contribution < 1.29 is 32.1 Å². The topological polar surface area (TPSA) is 94.1 Å². The molecule has 0 aromatic heterocycles. The number of benzene rings is 2. The molecule has 2 rings (SSSR count). The number of hydrogen-bond acceptors (Lipinski definition) is 6. The van der Waals surface area contributed by atoms with Gasteiger partial charge in [-0.15, -0.1) is 0 Å². The fourth-order valence-corrected chi connectivity index (χ4v) is 3.31. The summed E-state index contributed by atoms with van der Waals surface area (Å²) in [6.07, 6.45) is -1.13. The van der Waals surface area contributed by atoms with E-state index in [2.05, 4.69) is 4.72 Å². The van der Waals surface area contributed by atoms with E-state index in [9.17, 15) is 17.9 Å². The molecular formula is C17H20FNO6S. The highest BCUT2D eigenvalue weighted by molar-refractivity contribution is 7.89. The average Bonchev–Trinajstić information content (AvgIpc) is 2.65. The summed E-state index contributed by atoms with van der Waals surface area (Å²) < 4.78 is 55.5. The van der Waals surface area contributed by atoms with E-state index in [4.69, 9.17) is 14.2 Å². The van der Waals surface area contributed by atoms with Crippen LogP contribution in [-0.4, -0.2) is 41.4 Å². The molecule has 26 heavy (non-hydrogen) atoms. The van der Waals surface area contributed by atoms with E-state index < -0.39 is 21.9 Å². The molecule has 0 fully saturated rings. The minimum Gasteiger partial charge on any atom is -0.494 e. The Balaban J connectivity index is 2.13. The standard InChI is InChI=1S/C17H20FNO6S/c1-23-15-7-5-12(9-13(15)18)26(21,22)19-10-14(20)11-4-6-16(24-2)17(8-11)25-3/h4-9,14,19-20H,10H2,1-3H3. The van der Waals surface area contributed by atoms with Crippen LogP contribution in [0.25, 0.3) is 0 Å². The van der Waals surface area contributed by atoms with Gasteiger partial charge in [0.1, 0.15) is 0 Å². The third kappa shape index (κ3) is 4.43. The number of ether oxygens (including phenoxy) is 3. The Labute approximate surface area is 151 Å². The quantitative estimate of drug-likeness (QED) is 0.720. The van der Waals surface area contributed by atoms with Gasteiger partial charge in [0, 0.05) is 6.54 Å². The van der Waals surface area contributed by atoms with Crippen LogP contribution in [0.3, 0.4) is 0 Å². The summed E-state index contributed by atoms with van der Waals surface area (Å²) >= 11 is 0. The van der Waals surface area contributed by atoms with Crippen LogP contribution in [0.5, 0.6) is 17.2 Å². The van der Waals surface area contributed by atoms with E-state index in [-0.39, 0.29) is 17.2 Å². The number of methoxy groups -OCH3 is 3. The number of hydrogen-bond donors (Lipinski definition) is 2. The van der Waals surface area contributed by atoms with Gasteiger partial charge in [-0.1, -0.05) is 6.07 Å². The minimum absolute atomic E-state index is 0.0608. The van der Waals surface area contributed by atoms with Crippen molar-refractivity contribution in [1.82, 2.24) is 4.72 Å². The SMILES string of the molecule is COc1ccc(S(=O)(=O)NCC(O)c2ccc(OC)c(OC)c2)cc1F. The van der Waals surface area contributed by atoms with E-state index in [1.165, 1.54) is 33.5 Å². The Morgan fingerprint density at radius 1 is 1.00 bits per heavy atom. The van der Waals surface area contributed by atoms with Crippen LogP contribution < -0.4 is 18.9 Å². The third-order valence-corrected chi connectivity index (χ3v) is 5.11. The van der Waals surface area contributed by atoms with Crippen LogP contribution in [-0.2, 0) is 10.0 Å². The van der Waals surface area contributed by atoms with E-state index in [1.54, 1.807) is 18.2 Å². The molecule has 0 aliphatic heterocycles. The number of rotatable bonds is 8. The molecule has 142 valence electrons. The predicted molar refractivity (Wildman–Crippen MR) is 92.6 cm³/mol. The number of nitrogens with one attached hydrogen (secondary N) is 1. The van der Waals surface area contributed by atoms with Gasteiger partial charge in [-0.2, -0.15) is 0 Å². The van der Waals surface area contributed by atoms with Crippen molar-refractivity contribution in [2.24, 2.45) is 0 Å². The molecule has 2 N–H and O–H groups in total. The van der Waals surface area contributed by atoms with Gasteiger partial charge >= 0.3 is 0 Å². The molecule has 0 radical (unpaired) electrons. The number of sulfonamides is 1. The smallest absolute Gasteiger partial charge is 0.240 e. The largest absolute Gasteiger partial charge is 0.494 e. The molecule has 0 bridgehead atoms. The maximum absolute atomic E-state index is 13.7. The highest BCUT2D eigenvalue weighted by Crippen LogP contribution is 2.30. The van der Waals surface area contributed by atoms with Crippen LogP contribution in [0.1, 0.15) is 11.7 Å². The van der Waals surface area contributed by atoms with Gasteiger partial charge in [0.2, 0.25) is 10.0 Å². The maximum atomic E-state index is 13.7. The average molecular weight is 385 g/mol. The lowest BCUT2D eigenvalue weighted by molar-refractivity contribution is 0.181. The lowest BCUT2D eigenvalue weighted by Crippen LogP contribution is -2.28. The first-order valence-corrected chi connectivity index (χ1v) is 9.04. The summed E-state index contributed by atoms with van der Waals surface area (Å²) in [6, 6.07) is 8.02. The van der Waals surface area contributed by atoms with Crippen LogP contribution >= 0.6 is 0 Å². The highest BCUT2D eigenvalue weighted by Gasteiger charge is 2.19. The maximum Gasteiger partial charge on any atom is 0.240 e. The zero-order valence-electron chi connectivity index (χ0n) is 14.5. The van der Waals surface area contributed by atoms with Gasteiger partial charge in [-0.05, 0) is 35.9 Å². The molecule has 0 spiro atoms. The minimum atomic E-state index is -4.00. The summed E-state index contributed by atoms with van der Waals surface area (Å²) in [4.78, 5) is -0.268. The van der Waals surface area contributed by atoms with Crippen LogP contribution in [0.15, 0.2) is 41.3 Å². The highest BCUT2D eigenvalue weighted by atomic mass is 32.2. The molecule has 0 heterocycles. The third-order valence-electron chi connectivity index (χ3n) is 3.69. The summed E-state index contributed by atoms with van der Waals surface area (Å²) in [5.41, 5.74) is 0.436. The van der Waals surface area contributed by atoms with Crippen LogP contribution in [0.4, 0.5) is 4.39 Å². The van der Waals surface area contributed by atoms with Gasteiger partial charge in [0.25, 0.3) is 0 Å². The molecule has 9 heteroatoms. The van der Waals surface area contributed by atoms with Gasteiger partial charge in [0.05, 0.1) is 32.3 Å². The molecule has 2 aromatic rings. The molecule has 1 unspecified atom stereocenters. The Bertz CT molecular complexity index is 872. The molecular weight excluding hydrogens is 365 g/mol. The first kappa shape index (κ1) is 20.0. The second-order valence-corrected chi connectivity index (χ2v) is 7.05. The number of halogens is 1. The van der Waals surface area contributed by atoms with Gasteiger partial charge in [-0.3, -0.25) is 0 Å². The van der Waals surface area contributed by atoms with E-state index >= 15 is 0 Å². The Hall–Kier alpha value is -2.36. The molecule has 0 aliphatic rings. The fourth-order valence-electron chi connectivity index (χ4n) is 2.26. The summed E-state index contributed by atoms with van der Waals surface area (Å²) in [6.45, 7) is -0.300. The second kappa shape index (κ2) is 8.35. The van der Waals surface area contributed by atoms with Crippen molar-refractivity contribution in [3.63, 3.8) is 0 Å². The van der Waals surface area contributed by atoms with Crippen molar-refractivity contribution in [3.8, 4) is 17.2 Å². The molecule has 7 nitrogen and oxygen atoms in total. The Morgan fingerprint density at radius 2 is 1.62 bits per heavy atom. The van der Waals surface area contributed by atoms with Gasteiger partial charge < -0.3 is 19.3 Å². The van der Waals surface area contributed by atoms with Gasteiger partial charge in [-0.25, -0.2) is 17.5 Å². The predicted octanol–water partition coefficient (Wildman–Crippen LogP) is 1.86. The summed E-state index contributed by atoms with van der Waals surface area (Å²) in [7, 11) is 0.217. The molecule has 2 aromatic carbocycles. The van der Waals surface area contributed by atoms with Gasteiger partial charge in [0.15, 0.2) is 23.1 Å². The van der Waals surface area contributed by atoms with Crippen molar-refractivity contribution in [1.29, 1.82) is 0 Å². The second-order valence-electron chi connectivity index (χ2n) is 5.28. The first-order valence-electron chi connectivity index (χ1n) is 7.55.